The molecule has 0 fully saturated rings. The average molecular weight is 333 g/mol. The smallest absolute Gasteiger partial charge is 0.220 e. The molecule has 1 amide bonds. The topological polar surface area (TPSA) is 62.5 Å². The van der Waals surface area contributed by atoms with Gasteiger partial charge in [0, 0.05) is 12.0 Å². The van der Waals surface area contributed by atoms with Crippen molar-refractivity contribution in [1.82, 2.24) is 5.32 Å². The third-order valence-corrected chi connectivity index (χ3v) is 4.16. The molecule has 1 aromatic heterocycles. The van der Waals surface area contributed by atoms with E-state index in [4.69, 9.17) is 4.42 Å². The molecule has 0 aliphatic carbocycles. The van der Waals surface area contributed by atoms with Crippen LogP contribution in [0.3, 0.4) is 0 Å². The average Bonchev–Trinajstić information content (AvgIpc) is 2.85. The minimum Gasteiger partial charge on any atom is -0.466 e. The number of hydrogen-bond acceptors (Lipinski definition) is 3. The molecular weight excluding hydrogens is 309 g/mol. The van der Waals surface area contributed by atoms with Crippen molar-refractivity contribution in [3.05, 3.63) is 58.8 Å². The molecule has 0 aliphatic heterocycles. The predicted molar refractivity (Wildman–Crippen MR) is 90.2 cm³/mol. The van der Waals surface area contributed by atoms with E-state index in [9.17, 15) is 14.3 Å². The van der Waals surface area contributed by atoms with Crippen LogP contribution in [-0.4, -0.2) is 17.6 Å². The summed E-state index contributed by atoms with van der Waals surface area (Å²) in [5.74, 6) is 0.746. The standard InChI is InChI=1S/C19H24FNO3/c1-12(15-6-5-7-16(20)10-15)8-18(22)21-11-19(4,23)17-9-13(2)24-14(17)3/h5-7,9-10,12,23H,8,11H2,1-4H3,(H,21,22). The number of nitrogens with one attached hydrogen (secondary N) is 1. The third-order valence-electron chi connectivity index (χ3n) is 4.16. The van der Waals surface area contributed by atoms with Gasteiger partial charge in [0.1, 0.15) is 22.9 Å². The number of furan rings is 1. The van der Waals surface area contributed by atoms with Crippen molar-refractivity contribution < 1.29 is 18.7 Å². The van der Waals surface area contributed by atoms with Crippen LogP contribution in [-0.2, 0) is 10.4 Å². The summed E-state index contributed by atoms with van der Waals surface area (Å²) in [4.78, 5) is 12.1. The molecule has 0 radical (unpaired) electrons. The second-order valence-electron chi connectivity index (χ2n) is 6.54. The number of carbonyl (C=O) groups excluding carboxylic acids is 1. The van der Waals surface area contributed by atoms with Gasteiger partial charge in [0.15, 0.2) is 0 Å². The minimum absolute atomic E-state index is 0.0848. The highest BCUT2D eigenvalue weighted by Gasteiger charge is 2.28. The van der Waals surface area contributed by atoms with Crippen molar-refractivity contribution in [2.75, 3.05) is 6.54 Å². The molecule has 130 valence electrons. The Labute approximate surface area is 141 Å². The minimum atomic E-state index is -1.21. The van der Waals surface area contributed by atoms with Gasteiger partial charge < -0.3 is 14.8 Å². The van der Waals surface area contributed by atoms with Gasteiger partial charge in [-0.05, 0) is 50.5 Å². The maximum absolute atomic E-state index is 13.3. The van der Waals surface area contributed by atoms with E-state index in [1.807, 2.05) is 13.8 Å². The van der Waals surface area contributed by atoms with E-state index in [-0.39, 0.29) is 30.6 Å². The summed E-state index contributed by atoms with van der Waals surface area (Å²) in [5, 5.41) is 13.3. The molecule has 2 N–H and O–H groups in total. The molecule has 1 aromatic carbocycles. The summed E-state index contributed by atoms with van der Waals surface area (Å²) in [5.41, 5.74) is 0.233. The maximum Gasteiger partial charge on any atom is 0.220 e. The van der Waals surface area contributed by atoms with Gasteiger partial charge in [0.2, 0.25) is 5.91 Å². The molecule has 2 unspecified atom stereocenters. The van der Waals surface area contributed by atoms with E-state index in [2.05, 4.69) is 5.32 Å². The largest absolute Gasteiger partial charge is 0.466 e. The van der Waals surface area contributed by atoms with Crippen molar-refractivity contribution in [2.24, 2.45) is 0 Å². The van der Waals surface area contributed by atoms with Crippen LogP contribution >= 0.6 is 0 Å². The van der Waals surface area contributed by atoms with Crippen molar-refractivity contribution >= 4 is 5.91 Å². The first-order chi connectivity index (χ1) is 11.2. The molecule has 0 aliphatic rings. The fraction of sp³-hybridized carbons (Fsp3) is 0.421. The fourth-order valence-corrected chi connectivity index (χ4v) is 2.81. The van der Waals surface area contributed by atoms with Crippen molar-refractivity contribution in [1.29, 1.82) is 0 Å². The van der Waals surface area contributed by atoms with Gasteiger partial charge in [-0.2, -0.15) is 0 Å². The highest BCUT2D eigenvalue weighted by atomic mass is 19.1. The van der Waals surface area contributed by atoms with E-state index in [1.165, 1.54) is 12.1 Å². The van der Waals surface area contributed by atoms with Gasteiger partial charge in [0.05, 0.1) is 6.54 Å². The number of hydrogen-bond donors (Lipinski definition) is 2. The Bertz CT molecular complexity index is 721. The number of halogens is 1. The molecular formula is C19H24FNO3. The third kappa shape index (κ3) is 4.45. The van der Waals surface area contributed by atoms with Gasteiger partial charge in [0.25, 0.3) is 0 Å². The van der Waals surface area contributed by atoms with Crippen LogP contribution in [0.2, 0.25) is 0 Å². The van der Waals surface area contributed by atoms with Gasteiger partial charge in [-0.1, -0.05) is 19.1 Å². The molecule has 0 saturated carbocycles. The van der Waals surface area contributed by atoms with Crippen LogP contribution in [0, 0.1) is 19.7 Å². The first-order valence-electron chi connectivity index (χ1n) is 8.01. The van der Waals surface area contributed by atoms with Crippen LogP contribution in [0.5, 0.6) is 0 Å². The second kappa shape index (κ2) is 7.18. The molecule has 2 rings (SSSR count). The number of benzene rings is 1. The summed E-state index contributed by atoms with van der Waals surface area (Å²) >= 11 is 0. The van der Waals surface area contributed by atoms with Crippen LogP contribution < -0.4 is 5.32 Å². The van der Waals surface area contributed by atoms with Gasteiger partial charge in [-0.3, -0.25) is 4.79 Å². The molecule has 2 atom stereocenters. The summed E-state index contributed by atoms with van der Waals surface area (Å²) in [6.45, 7) is 7.19. The number of aryl methyl sites for hydroxylation is 2. The molecule has 24 heavy (non-hydrogen) atoms. The van der Waals surface area contributed by atoms with E-state index in [0.29, 0.717) is 17.1 Å². The molecule has 0 saturated heterocycles. The predicted octanol–water partition coefficient (Wildman–Crippen LogP) is 3.55. The number of amides is 1. The Morgan fingerprint density at radius 3 is 2.67 bits per heavy atom. The zero-order chi connectivity index (χ0) is 17.9. The maximum atomic E-state index is 13.3. The Morgan fingerprint density at radius 1 is 1.38 bits per heavy atom. The summed E-state index contributed by atoms with van der Waals surface area (Å²) in [6, 6.07) is 8.02. The lowest BCUT2D eigenvalue weighted by molar-refractivity contribution is -0.122. The molecule has 1 heterocycles. The molecule has 5 heteroatoms. The zero-order valence-electron chi connectivity index (χ0n) is 14.5. The van der Waals surface area contributed by atoms with Gasteiger partial charge in [-0.15, -0.1) is 0 Å². The van der Waals surface area contributed by atoms with E-state index < -0.39 is 5.60 Å². The lowest BCUT2D eigenvalue weighted by Crippen LogP contribution is -2.39. The highest BCUT2D eigenvalue weighted by Crippen LogP contribution is 2.26. The quantitative estimate of drug-likeness (QED) is 0.850. The Balaban J connectivity index is 1.94. The number of rotatable bonds is 6. The highest BCUT2D eigenvalue weighted by molar-refractivity contribution is 5.77. The van der Waals surface area contributed by atoms with E-state index >= 15 is 0 Å². The van der Waals surface area contributed by atoms with Gasteiger partial charge in [-0.25, -0.2) is 4.39 Å². The van der Waals surface area contributed by atoms with Crippen LogP contribution in [0.15, 0.2) is 34.7 Å². The Morgan fingerprint density at radius 2 is 2.08 bits per heavy atom. The first-order valence-corrected chi connectivity index (χ1v) is 8.01. The molecule has 2 aromatic rings. The van der Waals surface area contributed by atoms with Crippen molar-refractivity contribution in [3.63, 3.8) is 0 Å². The Kier molecular flexibility index (Phi) is 5.44. The normalized spacial score (nSPS) is 14.9. The van der Waals surface area contributed by atoms with Crippen LogP contribution in [0.25, 0.3) is 0 Å². The summed E-state index contributed by atoms with van der Waals surface area (Å²) < 4.78 is 18.7. The van der Waals surface area contributed by atoms with Gasteiger partial charge >= 0.3 is 0 Å². The lowest BCUT2D eigenvalue weighted by Gasteiger charge is -2.23. The summed E-state index contributed by atoms with van der Waals surface area (Å²) in [7, 11) is 0. The van der Waals surface area contributed by atoms with Crippen molar-refractivity contribution in [2.45, 2.75) is 45.6 Å². The SMILES string of the molecule is Cc1cc(C(C)(O)CNC(=O)CC(C)c2cccc(F)c2)c(C)o1. The zero-order valence-corrected chi connectivity index (χ0v) is 14.5. The second-order valence-corrected chi connectivity index (χ2v) is 6.54. The molecule has 4 nitrogen and oxygen atoms in total. The van der Waals surface area contributed by atoms with Crippen LogP contribution in [0.1, 0.15) is 48.8 Å². The lowest BCUT2D eigenvalue weighted by atomic mass is 9.95. The van der Waals surface area contributed by atoms with E-state index in [1.54, 1.807) is 32.0 Å². The molecule has 0 spiro atoms. The number of carbonyl (C=O) groups is 1. The molecule has 0 bridgehead atoms. The monoisotopic (exact) mass is 333 g/mol. The fourth-order valence-electron chi connectivity index (χ4n) is 2.81. The Hall–Kier alpha value is -2.14. The van der Waals surface area contributed by atoms with Crippen LogP contribution in [0.4, 0.5) is 4.39 Å². The van der Waals surface area contributed by atoms with Crippen molar-refractivity contribution in [3.8, 4) is 0 Å². The number of aliphatic hydroxyl groups is 1. The summed E-state index contributed by atoms with van der Waals surface area (Å²) in [6.07, 6.45) is 0.225. The van der Waals surface area contributed by atoms with E-state index in [0.717, 1.165) is 5.56 Å². The first kappa shape index (κ1) is 18.2.